The Hall–Kier alpha value is -1.88. The van der Waals surface area contributed by atoms with Gasteiger partial charge < -0.3 is 5.73 Å². The molecule has 132 valence electrons. The molecule has 5 nitrogen and oxygen atoms in total. The zero-order chi connectivity index (χ0) is 17.0. The molecule has 0 fully saturated rings. The van der Waals surface area contributed by atoms with E-state index in [2.05, 4.69) is 10.2 Å². The van der Waals surface area contributed by atoms with Gasteiger partial charge in [-0.1, -0.05) is 68.9 Å². The third-order valence-electron chi connectivity index (χ3n) is 4.38. The summed E-state index contributed by atoms with van der Waals surface area (Å²) in [6, 6.07) is 10.0. The van der Waals surface area contributed by atoms with Gasteiger partial charge >= 0.3 is 5.69 Å². The first-order valence-electron chi connectivity index (χ1n) is 9.19. The van der Waals surface area contributed by atoms with Gasteiger partial charge in [-0.2, -0.15) is 5.10 Å². The standard InChI is InChI=1S/C19H30N4O/c20-15-11-6-4-2-1-3-5-10-14-18-21-22-19(24)23(18)16-17-12-8-7-9-13-17/h7-9,12-13H,1-6,10-11,14-16,20H2,(H,22,24). The first-order chi connectivity index (χ1) is 11.8. The molecule has 0 bridgehead atoms. The summed E-state index contributed by atoms with van der Waals surface area (Å²) in [6.45, 7) is 1.40. The molecule has 1 aromatic carbocycles. The van der Waals surface area contributed by atoms with Gasteiger partial charge in [0, 0.05) is 6.42 Å². The van der Waals surface area contributed by atoms with Crippen molar-refractivity contribution in [1.82, 2.24) is 14.8 Å². The van der Waals surface area contributed by atoms with Gasteiger partial charge in [-0.25, -0.2) is 9.89 Å². The van der Waals surface area contributed by atoms with E-state index in [0.717, 1.165) is 37.2 Å². The van der Waals surface area contributed by atoms with Crippen molar-refractivity contribution in [3.8, 4) is 0 Å². The van der Waals surface area contributed by atoms with Crippen LogP contribution < -0.4 is 11.4 Å². The van der Waals surface area contributed by atoms with E-state index in [1.165, 1.54) is 38.5 Å². The number of hydrogen-bond acceptors (Lipinski definition) is 3. The van der Waals surface area contributed by atoms with Crippen LogP contribution in [-0.2, 0) is 13.0 Å². The summed E-state index contributed by atoms with van der Waals surface area (Å²) in [5, 5.41) is 6.78. The Morgan fingerprint density at radius 1 is 0.917 bits per heavy atom. The molecule has 2 rings (SSSR count). The van der Waals surface area contributed by atoms with E-state index in [-0.39, 0.29) is 5.69 Å². The second-order valence-corrected chi connectivity index (χ2v) is 6.38. The summed E-state index contributed by atoms with van der Waals surface area (Å²) in [4.78, 5) is 11.9. The normalized spacial score (nSPS) is 11.0. The largest absolute Gasteiger partial charge is 0.343 e. The summed E-state index contributed by atoms with van der Waals surface area (Å²) < 4.78 is 1.75. The van der Waals surface area contributed by atoms with Gasteiger partial charge in [-0.05, 0) is 24.9 Å². The van der Waals surface area contributed by atoms with Gasteiger partial charge in [0.05, 0.1) is 6.54 Å². The van der Waals surface area contributed by atoms with Crippen LogP contribution in [0.5, 0.6) is 0 Å². The highest BCUT2D eigenvalue weighted by Gasteiger charge is 2.08. The molecule has 0 aliphatic carbocycles. The summed E-state index contributed by atoms with van der Waals surface area (Å²) in [5.74, 6) is 0.867. The fraction of sp³-hybridized carbons (Fsp3) is 0.579. The van der Waals surface area contributed by atoms with Crippen LogP contribution in [0.3, 0.4) is 0 Å². The van der Waals surface area contributed by atoms with Gasteiger partial charge in [-0.3, -0.25) is 4.57 Å². The molecule has 0 amide bonds. The lowest BCUT2D eigenvalue weighted by Crippen LogP contribution is -2.19. The molecule has 1 aromatic heterocycles. The van der Waals surface area contributed by atoms with E-state index in [4.69, 9.17) is 5.73 Å². The number of benzene rings is 1. The van der Waals surface area contributed by atoms with Crippen LogP contribution in [0.4, 0.5) is 0 Å². The minimum Gasteiger partial charge on any atom is -0.330 e. The summed E-state index contributed by atoms with van der Waals surface area (Å²) in [7, 11) is 0. The van der Waals surface area contributed by atoms with Crippen molar-refractivity contribution in [3.05, 3.63) is 52.2 Å². The van der Waals surface area contributed by atoms with Crippen molar-refractivity contribution in [2.24, 2.45) is 5.73 Å². The molecule has 0 saturated heterocycles. The predicted molar refractivity (Wildman–Crippen MR) is 98.1 cm³/mol. The molecule has 0 atom stereocenters. The second kappa shape index (κ2) is 10.8. The molecule has 2 aromatic rings. The van der Waals surface area contributed by atoms with Gasteiger partial charge in [0.25, 0.3) is 0 Å². The zero-order valence-corrected chi connectivity index (χ0v) is 14.5. The van der Waals surface area contributed by atoms with Crippen LogP contribution in [0.2, 0.25) is 0 Å². The molecule has 0 unspecified atom stereocenters. The topological polar surface area (TPSA) is 76.7 Å². The van der Waals surface area contributed by atoms with Crippen LogP contribution >= 0.6 is 0 Å². The summed E-state index contributed by atoms with van der Waals surface area (Å²) in [6.07, 6.45) is 10.7. The number of rotatable bonds is 12. The molecule has 0 spiro atoms. The summed E-state index contributed by atoms with van der Waals surface area (Å²) >= 11 is 0. The number of aromatic nitrogens is 3. The number of hydrogen-bond donors (Lipinski definition) is 2. The lowest BCUT2D eigenvalue weighted by Gasteiger charge is -2.06. The van der Waals surface area contributed by atoms with E-state index >= 15 is 0 Å². The smallest absolute Gasteiger partial charge is 0.330 e. The average Bonchev–Trinajstić information content (AvgIpc) is 2.95. The van der Waals surface area contributed by atoms with Crippen LogP contribution in [-0.4, -0.2) is 21.3 Å². The van der Waals surface area contributed by atoms with E-state index < -0.39 is 0 Å². The number of nitrogens with zero attached hydrogens (tertiary/aromatic N) is 2. The minimum absolute atomic E-state index is 0.117. The van der Waals surface area contributed by atoms with Crippen LogP contribution in [0.15, 0.2) is 35.1 Å². The minimum atomic E-state index is -0.117. The Kier molecular flexibility index (Phi) is 8.32. The van der Waals surface area contributed by atoms with Gasteiger partial charge in [-0.15, -0.1) is 0 Å². The van der Waals surface area contributed by atoms with Crippen molar-refractivity contribution in [1.29, 1.82) is 0 Å². The molecule has 3 N–H and O–H groups in total. The Morgan fingerprint density at radius 3 is 2.21 bits per heavy atom. The number of nitrogens with two attached hydrogens (primary N) is 1. The molecule has 1 heterocycles. The van der Waals surface area contributed by atoms with E-state index in [0.29, 0.717) is 6.54 Å². The molecule has 0 aliphatic rings. The molecule has 0 aliphatic heterocycles. The number of H-pyrrole nitrogens is 1. The zero-order valence-electron chi connectivity index (χ0n) is 14.5. The predicted octanol–water partition coefficient (Wildman–Crippen LogP) is 3.24. The Balaban J connectivity index is 1.69. The summed E-state index contributed by atoms with van der Waals surface area (Å²) in [5.41, 5.74) is 6.50. The van der Waals surface area contributed by atoms with Crippen molar-refractivity contribution in [2.75, 3.05) is 6.54 Å². The molecule has 0 saturated carbocycles. The monoisotopic (exact) mass is 330 g/mol. The second-order valence-electron chi connectivity index (χ2n) is 6.38. The highest BCUT2D eigenvalue weighted by Crippen LogP contribution is 2.10. The number of aryl methyl sites for hydroxylation is 1. The van der Waals surface area contributed by atoms with Gasteiger partial charge in [0.15, 0.2) is 0 Å². The van der Waals surface area contributed by atoms with Crippen LogP contribution in [0.25, 0.3) is 0 Å². The maximum absolute atomic E-state index is 11.9. The third-order valence-corrected chi connectivity index (χ3v) is 4.38. The Bertz CT molecular complexity index is 618. The quantitative estimate of drug-likeness (QED) is 0.587. The lowest BCUT2D eigenvalue weighted by atomic mass is 10.1. The number of aromatic amines is 1. The third kappa shape index (κ3) is 6.32. The SMILES string of the molecule is NCCCCCCCCCCc1n[nH]c(=O)n1Cc1ccccc1. The van der Waals surface area contributed by atoms with Crippen molar-refractivity contribution < 1.29 is 0 Å². The van der Waals surface area contributed by atoms with Crippen LogP contribution in [0.1, 0.15) is 62.8 Å². The highest BCUT2D eigenvalue weighted by molar-refractivity contribution is 5.15. The average molecular weight is 330 g/mol. The maximum atomic E-state index is 11.9. The maximum Gasteiger partial charge on any atom is 0.343 e. The number of unbranched alkanes of at least 4 members (excludes halogenated alkanes) is 7. The fourth-order valence-corrected chi connectivity index (χ4v) is 2.96. The van der Waals surface area contributed by atoms with E-state index in [1.807, 2.05) is 30.3 Å². The first-order valence-corrected chi connectivity index (χ1v) is 9.19. The van der Waals surface area contributed by atoms with E-state index in [1.54, 1.807) is 4.57 Å². The molecule has 0 radical (unpaired) electrons. The first kappa shape index (κ1) is 18.5. The van der Waals surface area contributed by atoms with Crippen LogP contribution in [0, 0.1) is 0 Å². The molecule has 5 heteroatoms. The van der Waals surface area contributed by atoms with Crippen molar-refractivity contribution >= 4 is 0 Å². The number of nitrogens with one attached hydrogen (secondary N) is 1. The Morgan fingerprint density at radius 2 is 1.54 bits per heavy atom. The fourth-order valence-electron chi connectivity index (χ4n) is 2.96. The molecule has 24 heavy (non-hydrogen) atoms. The molecular formula is C19H30N4O. The van der Waals surface area contributed by atoms with Crippen molar-refractivity contribution in [2.45, 2.75) is 64.3 Å². The Labute approximate surface area is 144 Å². The van der Waals surface area contributed by atoms with Gasteiger partial charge in [0.1, 0.15) is 5.82 Å². The van der Waals surface area contributed by atoms with E-state index in [9.17, 15) is 4.79 Å². The molecular weight excluding hydrogens is 300 g/mol. The van der Waals surface area contributed by atoms with Crippen molar-refractivity contribution in [3.63, 3.8) is 0 Å². The highest BCUT2D eigenvalue weighted by atomic mass is 16.1. The van der Waals surface area contributed by atoms with Gasteiger partial charge in [0.2, 0.25) is 0 Å². The lowest BCUT2D eigenvalue weighted by molar-refractivity contribution is 0.561.